The lowest BCUT2D eigenvalue weighted by Gasteiger charge is -2.19. The maximum atomic E-state index is 13.3. The van der Waals surface area contributed by atoms with Gasteiger partial charge >= 0.3 is 0 Å². The smallest absolute Gasteiger partial charge is 0.244 e. The fourth-order valence-electron chi connectivity index (χ4n) is 3.19. The Morgan fingerprint density at radius 3 is 2.50 bits per heavy atom. The minimum atomic E-state index is -3.82. The van der Waals surface area contributed by atoms with Crippen molar-refractivity contribution >= 4 is 54.0 Å². The van der Waals surface area contributed by atoms with E-state index in [9.17, 15) is 13.2 Å². The molecule has 0 bridgehead atoms. The van der Waals surface area contributed by atoms with Crippen LogP contribution in [0, 0.1) is 13.8 Å². The van der Waals surface area contributed by atoms with E-state index in [4.69, 9.17) is 11.6 Å². The summed E-state index contributed by atoms with van der Waals surface area (Å²) in [6.45, 7) is 3.84. The molecule has 2 aromatic carbocycles. The van der Waals surface area contributed by atoms with Gasteiger partial charge in [0.15, 0.2) is 15.0 Å². The molecule has 0 saturated carbocycles. The number of anilines is 1. The van der Waals surface area contributed by atoms with Crippen LogP contribution in [0.2, 0.25) is 5.02 Å². The van der Waals surface area contributed by atoms with Crippen LogP contribution in [-0.2, 0) is 21.2 Å². The second kappa shape index (κ2) is 8.97. The number of fused-ring (bicyclic) bond motifs is 1. The molecule has 4 aromatic rings. The van der Waals surface area contributed by atoms with Gasteiger partial charge in [-0.15, -0.1) is 0 Å². The van der Waals surface area contributed by atoms with Crippen LogP contribution < -0.4 is 4.90 Å². The van der Waals surface area contributed by atoms with Crippen molar-refractivity contribution in [3.8, 4) is 0 Å². The molecular weight excluding hydrogens is 466 g/mol. The Kier molecular flexibility index (Phi) is 6.28. The third-order valence-electron chi connectivity index (χ3n) is 5.01. The predicted molar refractivity (Wildman–Crippen MR) is 128 cm³/mol. The van der Waals surface area contributed by atoms with E-state index in [1.54, 1.807) is 36.5 Å². The number of nitrogens with zero attached hydrogens (tertiary/aromatic N) is 3. The Balaban J connectivity index is 1.71. The molecule has 0 aliphatic rings. The predicted octanol–water partition coefficient (Wildman–Crippen LogP) is 4.97. The second-order valence-electron chi connectivity index (χ2n) is 7.39. The molecule has 1 amide bonds. The zero-order valence-corrected chi connectivity index (χ0v) is 19.8. The molecule has 0 saturated heterocycles. The van der Waals surface area contributed by atoms with Crippen LogP contribution in [0.3, 0.4) is 0 Å². The van der Waals surface area contributed by atoms with Gasteiger partial charge in [0, 0.05) is 11.2 Å². The van der Waals surface area contributed by atoms with Crippen molar-refractivity contribution in [2.24, 2.45) is 0 Å². The quantitative estimate of drug-likeness (QED) is 0.385. The monoisotopic (exact) mass is 485 g/mol. The van der Waals surface area contributed by atoms with Gasteiger partial charge in [-0.05, 0) is 55.8 Å². The molecule has 6 nitrogen and oxygen atoms in total. The summed E-state index contributed by atoms with van der Waals surface area (Å²) >= 11 is 7.54. The molecule has 0 aliphatic heterocycles. The Bertz CT molecular complexity index is 1390. The summed E-state index contributed by atoms with van der Waals surface area (Å²) in [6.07, 6.45) is 1.63. The third-order valence-corrected chi connectivity index (χ3v) is 8.08. The molecule has 0 radical (unpaired) electrons. The molecule has 0 N–H and O–H groups in total. The van der Waals surface area contributed by atoms with Gasteiger partial charge in [-0.2, -0.15) is 0 Å². The fraction of sp³-hybridized carbons (Fsp3) is 0.174. The normalized spacial score (nSPS) is 11.6. The maximum absolute atomic E-state index is 13.3. The standard InChI is InChI=1S/C23H20ClN3O3S2/c1-15-6-8-18(9-7-15)32(29,30)14-21(28)27(13-17-5-3-4-12-25-17)23-26-22-16(2)19(24)10-11-20(22)31-23/h3-12H,13-14H2,1-2H3. The number of aryl methyl sites for hydroxylation is 2. The van der Waals surface area contributed by atoms with Gasteiger partial charge in [-0.3, -0.25) is 14.7 Å². The number of amides is 1. The molecule has 0 aliphatic carbocycles. The average Bonchev–Trinajstić information content (AvgIpc) is 3.20. The van der Waals surface area contributed by atoms with Crippen LogP contribution in [0.5, 0.6) is 0 Å². The van der Waals surface area contributed by atoms with Crippen molar-refractivity contribution in [3.05, 3.63) is 82.6 Å². The third kappa shape index (κ3) is 4.67. The second-order valence-corrected chi connectivity index (χ2v) is 10.8. The van der Waals surface area contributed by atoms with Crippen molar-refractivity contribution in [1.82, 2.24) is 9.97 Å². The van der Waals surface area contributed by atoms with Crippen LogP contribution in [0.1, 0.15) is 16.8 Å². The molecule has 9 heteroatoms. The summed E-state index contributed by atoms with van der Waals surface area (Å²) in [7, 11) is -3.82. The SMILES string of the molecule is Cc1ccc(S(=O)(=O)CC(=O)N(Cc2ccccn2)c2nc3c(C)c(Cl)ccc3s2)cc1. The number of halogens is 1. The highest BCUT2D eigenvalue weighted by Gasteiger charge is 2.27. The number of pyridine rings is 1. The summed E-state index contributed by atoms with van der Waals surface area (Å²) in [5.41, 5.74) is 3.07. The summed E-state index contributed by atoms with van der Waals surface area (Å²) in [5, 5.41) is 0.985. The molecule has 0 atom stereocenters. The Labute approximate surface area is 195 Å². The molecule has 0 spiro atoms. The average molecular weight is 486 g/mol. The van der Waals surface area contributed by atoms with Gasteiger partial charge in [0.2, 0.25) is 5.91 Å². The highest BCUT2D eigenvalue weighted by atomic mass is 35.5. The Morgan fingerprint density at radius 1 is 1.06 bits per heavy atom. The summed E-state index contributed by atoms with van der Waals surface area (Å²) in [5.74, 6) is -1.24. The van der Waals surface area contributed by atoms with E-state index in [-0.39, 0.29) is 11.4 Å². The van der Waals surface area contributed by atoms with Gasteiger partial charge in [0.25, 0.3) is 0 Å². The van der Waals surface area contributed by atoms with Crippen LogP contribution in [0.25, 0.3) is 10.2 Å². The molecule has 0 unspecified atom stereocenters. The molecule has 2 heterocycles. The van der Waals surface area contributed by atoms with Gasteiger partial charge < -0.3 is 0 Å². The van der Waals surface area contributed by atoms with E-state index in [0.717, 1.165) is 15.8 Å². The highest BCUT2D eigenvalue weighted by molar-refractivity contribution is 7.92. The van der Waals surface area contributed by atoms with E-state index in [1.807, 2.05) is 26.0 Å². The number of rotatable bonds is 6. The lowest BCUT2D eigenvalue weighted by Crippen LogP contribution is -2.35. The molecule has 4 rings (SSSR count). The maximum Gasteiger partial charge on any atom is 0.244 e. The number of thiazole rings is 1. The van der Waals surface area contributed by atoms with Crippen LogP contribution in [-0.4, -0.2) is 30.0 Å². The summed E-state index contributed by atoms with van der Waals surface area (Å²) < 4.78 is 26.7. The van der Waals surface area contributed by atoms with Crippen molar-refractivity contribution in [2.45, 2.75) is 25.3 Å². The zero-order valence-electron chi connectivity index (χ0n) is 17.4. The number of benzene rings is 2. The van der Waals surface area contributed by atoms with Crippen LogP contribution in [0.15, 0.2) is 65.7 Å². The van der Waals surface area contributed by atoms with Crippen molar-refractivity contribution < 1.29 is 13.2 Å². The lowest BCUT2D eigenvalue weighted by molar-refractivity contribution is -0.116. The molecular formula is C23H20ClN3O3S2. The van der Waals surface area contributed by atoms with Gasteiger partial charge in [0.05, 0.1) is 27.4 Å². The summed E-state index contributed by atoms with van der Waals surface area (Å²) in [6, 6.07) is 15.5. The minimum absolute atomic E-state index is 0.107. The lowest BCUT2D eigenvalue weighted by atomic mass is 10.2. The Hall–Kier alpha value is -2.81. The van der Waals surface area contributed by atoms with Crippen molar-refractivity contribution in [1.29, 1.82) is 0 Å². The van der Waals surface area contributed by atoms with E-state index in [2.05, 4.69) is 9.97 Å². The number of hydrogen-bond acceptors (Lipinski definition) is 6. The molecule has 0 fully saturated rings. The van der Waals surface area contributed by atoms with Crippen molar-refractivity contribution in [2.75, 3.05) is 10.7 Å². The topological polar surface area (TPSA) is 80.2 Å². The zero-order chi connectivity index (χ0) is 22.9. The molecule has 164 valence electrons. The molecule has 2 aromatic heterocycles. The number of carbonyl (C=O) groups is 1. The van der Waals surface area contributed by atoms with E-state index < -0.39 is 21.5 Å². The first-order valence-electron chi connectivity index (χ1n) is 9.80. The summed E-state index contributed by atoms with van der Waals surface area (Å²) in [4.78, 5) is 23.7. The first kappa shape index (κ1) is 22.4. The van der Waals surface area contributed by atoms with Crippen LogP contribution in [0.4, 0.5) is 5.13 Å². The first-order chi connectivity index (χ1) is 15.2. The largest absolute Gasteiger partial charge is 0.281 e. The van der Waals surface area contributed by atoms with Crippen LogP contribution >= 0.6 is 22.9 Å². The number of aromatic nitrogens is 2. The van der Waals surface area contributed by atoms with E-state index in [0.29, 0.717) is 21.4 Å². The van der Waals surface area contributed by atoms with Gasteiger partial charge in [-0.1, -0.05) is 46.7 Å². The minimum Gasteiger partial charge on any atom is -0.281 e. The highest BCUT2D eigenvalue weighted by Crippen LogP contribution is 2.34. The molecule has 32 heavy (non-hydrogen) atoms. The van der Waals surface area contributed by atoms with Crippen molar-refractivity contribution in [3.63, 3.8) is 0 Å². The van der Waals surface area contributed by atoms with Gasteiger partial charge in [0.1, 0.15) is 5.75 Å². The first-order valence-corrected chi connectivity index (χ1v) is 12.6. The van der Waals surface area contributed by atoms with Gasteiger partial charge in [-0.25, -0.2) is 13.4 Å². The van der Waals surface area contributed by atoms with E-state index >= 15 is 0 Å². The Morgan fingerprint density at radius 2 is 1.81 bits per heavy atom. The number of sulfone groups is 1. The van der Waals surface area contributed by atoms with E-state index in [1.165, 1.54) is 28.4 Å². The number of hydrogen-bond donors (Lipinski definition) is 0. The fourth-order valence-corrected chi connectivity index (χ4v) is 5.58. The number of carbonyl (C=O) groups excluding carboxylic acids is 1.